The van der Waals surface area contributed by atoms with Gasteiger partial charge in [-0.05, 0) is 25.0 Å². The lowest BCUT2D eigenvalue weighted by Crippen LogP contribution is -2.17. The van der Waals surface area contributed by atoms with E-state index in [1.165, 1.54) is 4.68 Å². The highest BCUT2D eigenvalue weighted by Crippen LogP contribution is 2.31. The van der Waals surface area contributed by atoms with Crippen molar-refractivity contribution < 1.29 is 14.7 Å². The monoisotopic (exact) mass is 285 g/mol. The van der Waals surface area contributed by atoms with Gasteiger partial charge in [-0.1, -0.05) is 12.1 Å². The third-order valence-electron chi connectivity index (χ3n) is 3.60. The van der Waals surface area contributed by atoms with Crippen LogP contribution in [0.4, 0.5) is 5.69 Å². The number of anilines is 1. The first-order valence-corrected chi connectivity index (χ1v) is 6.77. The van der Waals surface area contributed by atoms with E-state index in [1.807, 2.05) is 6.07 Å². The summed E-state index contributed by atoms with van der Waals surface area (Å²) >= 11 is 0. The van der Waals surface area contributed by atoms with Gasteiger partial charge in [0.2, 0.25) is 0 Å². The highest BCUT2D eigenvalue weighted by molar-refractivity contribution is 6.03. The van der Waals surface area contributed by atoms with Gasteiger partial charge in [-0.2, -0.15) is 5.10 Å². The van der Waals surface area contributed by atoms with E-state index in [-0.39, 0.29) is 12.3 Å². The van der Waals surface area contributed by atoms with Crippen LogP contribution in [0, 0.1) is 0 Å². The van der Waals surface area contributed by atoms with Crippen LogP contribution >= 0.6 is 0 Å². The number of carboxylic acids is 1. The maximum absolute atomic E-state index is 12.2. The van der Waals surface area contributed by atoms with Gasteiger partial charge >= 0.3 is 5.97 Å². The van der Waals surface area contributed by atoms with Gasteiger partial charge in [0, 0.05) is 17.7 Å². The van der Waals surface area contributed by atoms with Crippen LogP contribution in [0.1, 0.15) is 28.9 Å². The summed E-state index contributed by atoms with van der Waals surface area (Å²) in [5.41, 5.74) is 8.90. The Labute approximate surface area is 121 Å². The molecule has 0 atom stereocenters. The summed E-state index contributed by atoms with van der Waals surface area (Å²) in [6.07, 6.45) is 1.87. The van der Waals surface area contributed by atoms with Crippen LogP contribution < -0.4 is 5.73 Å². The van der Waals surface area contributed by atoms with E-state index in [4.69, 9.17) is 10.8 Å². The van der Waals surface area contributed by atoms with Gasteiger partial charge in [-0.25, -0.2) is 0 Å². The molecule has 1 aliphatic rings. The van der Waals surface area contributed by atoms with Gasteiger partial charge in [0.15, 0.2) is 5.78 Å². The zero-order valence-corrected chi connectivity index (χ0v) is 11.4. The number of hydrogen-bond donors (Lipinski definition) is 2. The van der Waals surface area contributed by atoms with Crippen LogP contribution in [0.25, 0.3) is 11.3 Å². The van der Waals surface area contributed by atoms with Gasteiger partial charge in [0.25, 0.3) is 0 Å². The molecular formula is C15H15N3O3. The summed E-state index contributed by atoms with van der Waals surface area (Å²) in [5.74, 6) is -0.956. The van der Waals surface area contributed by atoms with Crippen molar-refractivity contribution in [1.29, 1.82) is 0 Å². The molecule has 0 amide bonds. The van der Waals surface area contributed by atoms with Crippen molar-refractivity contribution in [2.75, 3.05) is 5.73 Å². The maximum atomic E-state index is 12.2. The summed E-state index contributed by atoms with van der Waals surface area (Å²) < 4.78 is 1.42. The second-order valence-corrected chi connectivity index (χ2v) is 5.12. The summed E-state index contributed by atoms with van der Waals surface area (Å²) in [7, 11) is 0. The number of carboxylic acid groups (broad SMARTS) is 1. The Balaban J connectivity index is 2.18. The smallest absolute Gasteiger partial charge is 0.325 e. The number of nitrogen functional groups attached to an aromatic ring is 1. The Morgan fingerprint density at radius 3 is 2.90 bits per heavy atom. The minimum absolute atomic E-state index is 0.0188. The van der Waals surface area contributed by atoms with E-state index in [9.17, 15) is 9.59 Å². The summed E-state index contributed by atoms with van der Waals surface area (Å²) in [5, 5.41) is 13.3. The molecule has 2 aromatic rings. The van der Waals surface area contributed by atoms with Crippen molar-refractivity contribution in [3.63, 3.8) is 0 Å². The summed E-state index contributed by atoms with van der Waals surface area (Å²) in [6.45, 7) is -0.238. The quantitative estimate of drug-likeness (QED) is 0.837. The molecular weight excluding hydrogens is 270 g/mol. The molecule has 1 aromatic carbocycles. The number of ketones is 1. The SMILES string of the molecule is Nc1cccc(-c2nn(CC(=O)O)c3c2C(=O)CCC3)c1. The zero-order valence-electron chi connectivity index (χ0n) is 11.4. The molecule has 6 heteroatoms. The minimum atomic E-state index is -0.975. The van der Waals surface area contributed by atoms with Crippen molar-refractivity contribution in [1.82, 2.24) is 9.78 Å². The predicted octanol–water partition coefficient (Wildman–Crippen LogP) is 1.74. The molecule has 21 heavy (non-hydrogen) atoms. The number of benzene rings is 1. The molecule has 0 spiro atoms. The molecule has 0 saturated heterocycles. The van der Waals surface area contributed by atoms with Crippen molar-refractivity contribution in [2.24, 2.45) is 0 Å². The number of carbonyl (C=O) groups is 2. The van der Waals surface area contributed by atoms with Crippen LogP contribution in [0.2, 0.25) is 0 Å². The van der Waals surface area contributed by atoms with Gasteiger partial charge in [-0.15, -0.1) is 0 Å². The molecule has 0 radical (unpaired) electrons. The molecule has 6 nitrogen and oxygen atoms in total. The van der Waals surface area contributed by atoms with E-state index in [0.717, 1.165) is 12.0 Å². The fourth-order valence-electron chi connectivity index (χ4n) is 2.73. The van der Waals surface area contributed by atoms with Crippen LogP contribution in [-0.2, 0) is 17.8 Å². The average Bonchev–Trinajstić information content (AvgIpc) is 2.78. The molecule has 1 heterocycles. The highest BCUT2D eigenvalue weighted by Gasteiger charge is 2.28. The Hall–Kier alpha value is -2.63. The second-order valence-electron chi connectivity index (χ2n) is 5.12. The highest BCUT2D eigenvalue weighted by atomic mass is 16.4. The standard InChI is InChI=1S/C15H15N3O3/c16-10-4-1-3-9(7-10)15-14-11(5-2-6-12(14)19)18(17-15)8-13(20)21/h1,3-4,7H,2,5-6,8,16H2,(H,20,21). The lowest BCUT2D eigenvalue weighted by atomic mass is 9.92. The minimum Gasteiger partial charge on any atom is -0.480 e. The number of nitrogens with two attached hydrogens (primary N) is 1. The van der Waals surface area contributed by atoms with Gasteiger partial charge in [-0.3, -0.25) is 14.3 Å². The number of nitrogens with zero attached hydrogens (tertiary/aromatic N) is 2. The Kier molecular flexibility index (Phi) is 3.21. The molecule has 0 unspecified atom stereocenters. The second kappa shape index (κ2) is 5.05. The largest absolute Gasteiger partial charge is 0.480 e. The van der Waals surface area contributed by atoms with Crippen LogP contribution in [0.5, 0.6) is 0 Å². The Morgan fingerprint density at radius 2 is 2.19 bits per heavy atom. The molecule has 1 aromatic heterocycles. The van der Waals surface area contributed by atoms with Crippen LogP contribution in [0.3, 0.4) is 0 Å². The molecule has 0 fully saturated rings. The lowest BCUT2D eigenvalue weighted by molar-refractivity contribution is -0.137. The topological polar surface area (TPSA) is 98.2 Å². The molecule has 0 bridgehead atoms. The number of aliphatic carboxylic acids is 1. The lowest BCUT2D eigenvalue weighted by Gasteiger charge is -2.12. The Bertz CT molecular complexity index is 734. The third-order valence-corrected chi connectivity index (χ3v) is 3.60. The van der Waals surface area contributed by atoms with Crippen molar-refractivity contribution in [3.05, 3.63) is 35.5 Å². The van der Waals surface area contributed by atoms with E-state index in [2.05, 4.69) is 5.10 Å². The van der Waals surface area contributed by atoms with E-state index in [1.54, 1.807) is 18.2 Å². The maximum Gasteiger partial charge on any atom is 0.325 e. The third kappa shape index (κ3) is 2.40. The first-order valence-electron chi connectivity index (χ1n) is 6.77. The fraction of sp³-hybridized carbons (Fsp3) is 0.267. The van der Waals surface area contributed by atoms with E-state index in [0.29, 0.717) is 35.5 Å². The van der Waals surface area contributed by atoms with Gasteiger partial charge < -0.3 is 10.8 Å². The Morgan fingerprint density at radius 1 is 1.38 bits per heavy atom. The number of carbonyl (C=O) groups excluding carboxylic acids is 1. The van der Waals surface area contributed by atoms with Crippen molar-refractivity contribution in [2.45, 2.75) is 25.8 Å². The number of Topliss-reactive ketones (excluding diaryl/α,β-unsaturated/α-hetero) is 1. The normalized spacial score (nSPS) is 14.0. The molecule has 108 valence electrons. The average molecular weight is 285 g/mol. The number of rotatable bonds is 3. The molecule has 0 saturated carbocycles. The fourth-order valence-corrected chi connectivity index (χ4v) is 2.73. The summed E-state index contributed by atoms with van der Waals surface area (Å²) in [4.78, 5) is 23.2. The number of fused-ring (bicyclic) bond motifs is 1. The molecule has 3 N–H and O–H groups in total. The van der Waals surface area contributed by atoms with Crippen molar-refractivity contribution >= 4 is 17.4 Å². The van der Waals surface area contributed by atoms with Crippen LogP contribution in [0.15, 0.2) is 24.3 Å². The van der Waals surface area contributed by atoms with E-state index < -0.39 is 5.97 Å². The summed E-state index contributed by atoms with van der Waals surface area (Å²) in [6, 6.07) is 7.12. The predicted molar refractivity (Wildman–Crippen MR) is 77.0 cm³/mol. The molecule has 1 aliphatic carbocycles. The van der Waals surface area contributed by atoms with E-state index >= 15 is 0 Å². The molecule has 0 aliphatic heterocycles. The molecule has 3 rings (SSSR count). The van der Waals surface area contributed by atoms with Crippen molar-refractivity contribution in [3.8, 4) is 11.3 Å². The van der Waals surface area contributed by atoms with Gasteiger partial charge in [0.1, 0.15) is 12.2 Å². The first-order chi connectivity index (χ1) is 10.1. The van der Waals surface area contributed by atoms with Gasteiger partial charge in [0.05, 0.1) is 11.3 Å². The number of hydrogen-bond acceptors (Lipinski definition) is 4. The number of aromatic nitrogens is 2. The first kappa shape index (κ1) is 13.4. The van der Waals surface area contributed by atoms with Crippen LogP contribution in [-0.4, -0.2) is 26.6 Å². The zero-order chi connectivity index (χ0) is 15.0.